The van der Waals surface area contributed by atoms with Gasteiger partial charge in [-0.1, -0.05) is 23.7 Å². The highest BCUT2D eigenvalue weighted by molar-refractivity contribution is 6.30. The number of rotatable bonds is 4. The van der Waals surface area contributed by atoms with E-state index in [0.29, 0.717) is 22.1 Å². The van der Waals surface area contributed by atoms with E-state index in [2.05, 4.69) is 0 Å². The number of hydrogen-bond donors (Lipinski definition) is 1. The van der Waals surface area contributed by atoms with Crippen LogP contribution in [0.15, 0.2) is 42.5 Å². The summed E-state index contributed by atoms with van der Waals surface area (Å²) in [6.07, 6.45) is 0. The topological polar surface area (TPSA) is 38.7 Å². The van der Waals surface area contributed by atoms with E-state index in [9.17, 15) is 5.11 Å². The van der Waals surface area contributed by atoms with Crippen LogP contribution in [-0.4, -0.2) is 19.3 Å². The quantitative estimate of drug-likeness (QED) is 0.935. The van der Waals surface area contributed by atoms with Crippen molar-refractivity contribution in [3.05, 3.63) is 58.6 Å². The van der Waals surface area contributed by atoms with Crippen molar-refractivity contribution in [1.29, 1.82) is 0 Å². The molecule has 0 saturated carbocycles. The first kappa shape index (κ1) is 14.7. The summed E-state index contributed by atoms with van der Waals surface area (Å²) in [5.74, 6) is 1.26. The molecule has 2 rings (SSSR count). The molecule has 0 fully saturated rings. The summed E-state index contributed by atoms with van der Waals surface area (Å²) < 4.78 is 10.6. The molecule has 1 atom stereocenters. The summed E-state index contributed by atoms with van der Waals surface area (Å²) in [6, 6.07) is 12.4. The van der Waals surface area contributed by atoms with Crippen molar-refractivity contribution in [2.24, 2.45) is 0 Å². The zero-order chi connectivity index (χ0) is 14.8. The van der Waals surface area contributed by atoms with Crippen LogP contribution >= 0.6 is 11.6 Å². The first-order valence-corrected chi connectivity index (χ1v) is 6.57. The molecule has 0 bridgehead atoms. The summed E-state index contributed by atoms with van der Waals surface area (Å²) in [4.78, 5) is 0. The van der Waals surface area contributed by atoms with Gasteiger partial charge in [0.15, 0.2) is 0 Å². The molecule has 0 saturated heterocycles. The maximum atomic E-state index is 10.9. The van der Waals surface area contributed by atoms with Gasteiger partial charge in [0.2, 0.25) is 0 Å². The van der Waals surface area contributed by atoms with Crippen molar-refractivity contribution in [2.75, 3.05) is 14.2 Å². The standard InChI is InChI=1S/C16H17ClO3/c1-16(18,11-4-6-12(17)7-5-11)14-10-13(19-2)8-9-15(14)20-3/h4-10,18H,1-3H3. The Morgan fingerprint density at radius 3 is 2.20 bits per heavy atom. The Hall–Kier alpha value is -1.71. The molecule has 106 valence electrons. The van der Waals surface area contributed by atoms with Gasteiger partial charge in [0.25, 0.3) is 0 Å². The Kier molecular flexibility index (Phi) is 4.21. The monoisotopic (exact) mass is 292 g/mol. The van der Waals surface area contributed by atoms with Crippen molar-refractivity contribution in [2.45, 2.75) is 12.5 Å². The van der Waals surface area contributed by atoms with Gasteiger partial charge in [-0.05, 0) is 42.8 Å². The van der Waals surface area contributed by atoms with Crippen LogP contribution in [0.4, 0.5) is 0 Å². The predicted molar refractivity (Wildman–Crippen MR) is 79.7 cm³/mol. The lowest BCUT2D eigenvalue weighted by molar-refractivity contribution is 0.0986. The van der Waals surface area contributed by atoms with Gasteiger partial charge in [-0.25, -0.2) is 0 Å². The average molecular weight is 293 g/mol. The smallest absolute Gasteiger partial charge is 0.125 e. The molecular formula is C16H17ClO3. The van der Waals surface area contributed by atoms with E-state index >= 15 is 0 Å². The molecular weight excluding hydrogens is 276 g/mol. The third-order valence-corrected chi connectivity index (χ3v) is 3.59. The zero-order valence-corrected chi connectivity index (χ0v) is 12.4. The normalized spacial score (nSPS) is 13.7. The Labute approximate surface area is 123 Å². The Balaban J connectivity index is 2.54. The molecule has 0 aromatic heterocycles. The maximum absolute atomic E-state index is 10.9. The van der Waals surface area contributed by atoms with E-state index in [-0.39, 0.29) is 0 Å². The first-order chi connectivity index (χ1) is 9.48. The molecule has 0 aliphatic heterocycles. The van der Waals surface area contributed by atoms with E-state index in [1.807, 2.05) is 0 Å². The number of ether oxygens (including phenoxy) is 2. The second-order valence-electron chi connectivity index (χ2n) is 4.65. The van der Waals surface area contributed by atoms with Gasteiger partial charge in [-0.15, -0.1) is 0 Å². The van der Waals surface area contributed by atoms with E-state index in [4.69, 9.17) is 21.1 Å². The second kappa shape index (κ2) is 5.73. The third kappa shape index (κ3) is 2.74. The Morgan fingerprint density at radius 2 is 1.65 bits per heavy atom. The highest BCUT2D eigenvalue weighted by Gasteiger charge is 2.29. The molecule has 0 heterocycles. The lowest BCUT2D eigenvalue weighted by Gasteiger charge is -2.26. The summed E-state index contributed by atoms with van der Waals surface area (Å²) in [5.41, 5.74) is 0.167. The lowest BCUT2D eigenvalue weighted by Crippen LogP contribution is -2.23. The summed E-state index contributed by atoms with van der Waals surface area (Å²) in [5, 5.41) is 11.5. The molecule has 2 aromatic rings. The van der Waals surface area contributed by atoms with Gasteiger partial charge in [0.1, 0.15) is 17.1 Å². The molecule has 0 radical (unpaired) electrons. The van der Waals surface area contributed by atoms with Crippen LogP contribution in [0.25, 0.3) is 0 Å². The summed E-state index contributed by atoms with van der Waals surface area (Å²) >= 11 is 5.89. The highest BCUT2D eigenvalue weighted by atomic mass is 35.5. The fourth-order valence-corrected chi connectivity index (χ4v) is 2.25. The van der Waals surface area contributed by atoms with E-state index in [1.54, 1.807) is 63.6 Å². The van der Waals surface area contributed by atoms with Gasteiger partial charge < -0.3 is 14.6 Å². The molecule has 1 N–H and O–H groups in total. The lowest BCUT2D eigenvalue weighted by atomic mass is 9.87. The van der Waals surface area contributed by atoms with Crippen molar-refractivity contribution in [3.63, 3.8) is 0 Å². The molecule has 4 heteroatoms. The van der Waals surface area contributed by atoms with E-state index in [0.717, 1.165) is 5.56 Å². The third-order valence-electron chi connectivity index (χ3n) is 3.34. The Morgan fingerprint density at radius 1 is 1.00 bits per heavy atom. The van der Waals surface area contributed by atoms with Crippen LogP contribution in [0.3, 0.4) is 0 Å². The fraction of sp³-hybridized carbons (Fsp3) is 0.250. The number of benzene rings is 2. The van der Waals surface area contributed by atoms with Crippen LogP contribution in [0, 0.1) is 0 Å². The summed E-state index contributed by atoms with van der Waals surface area (Å²) in [6.45, 7) is 1.72. The first-order valence-electron chi connectivity index (χ1n) is 6.20. The average Bonchev–Trinajstić information content (AvgIpc) is 2.47. The number of methoxy groups -OCH3 is 2. The second-order valence-corrected chi connectivity index (χ2v) is 5.08. The van der Waals surface area contributed by atoms with Crippen LogP contribution in [-0.2, 0) is 5.60 Å². The van der Waals surface area contributed by atoms with Crippen molar-refractivity contribution in [1.82, 2.24) is 0 Å². The van der Waals surface area contributed by atoms with E-state index < -0.39 is 5.60 Å². The largest absolute Gasteiger partial charge is 0.497 e. The zero-order valence-electron chi connectivity index (χ0n) is 11.7. The minimum atomic E-state index is -1.20. The maximum Gasteiger partial charge on any atom is 0.125 e. The van der Waals surface area contributed by atoms with E-state index in [1.165, 1.54) is 0 Å². The van der Waals surface area contributed by atoms with Gasteiger partial charge in [-0.3, -0.25) is 0 Å². The SMILES string of the molecule is COc1ccc(OC)c(C(C)(O)c2ccc(Cl)cc2)c1. The van der Waals surface area contributed by atoms with Crippen molar-refractivity contribution < 1.29 is 14.6 Å². The van der Waals surface area contributed by atoms with Gasteiger partial charge in [0, 0.05) is 10.6 Å². The highest BCUT2D eigenvalue weighted by Crippen LogP contribution is 2.37. The molecule has 0 aliphatic rings. The molecule has 0 aliphatic carbocycles. The minimum absolute atomic E-state index is 0.603. The van der Waals surface area contributed by atoms with Crippen LogP contribution < -0.4 is 9.47 Å². The molecule has 2 aromatic carbocycles. The Bertz CT molecular complexity index is 591. The van der Waals surface area contributed by atoms with Crippen molar-refractivity contribution in [3.8, 4) is 11.5 Å². The predicted octanol–water partition coefficient (Wildman–Crippen LogP) is 3.61. The fourth-order valence-electron chi connectivity index (χ4n) is 2.12. The number of halogens is 1. The summed E-state index contributed by atoms with van der Waals surface area (Å²) in [7, 11) is 3.16. The number of aliphatic hydroxyl groups is 1. The van der Waals surface area contributed by atoms with Gasteiger partial charge >= 0.3 is 0 Å². The number of hydrogen-bond acceptors (Lipinski definition) is 3. The minimum Gasteiger partial charge on any atom is -0.497 e. The molecule has 3 nitrogen and oxygen atoms in total. The van der Waals surface area contributed by atoms with Crippen LogP contribution in [0.1, 0.15) is 18.1 Å². The van der Waals surface area contributed by atoms with Crippen LogP contribution in [0.2, 0.25) is 5.02 Å². The molecule has 1 unspecified atom stereocenters. The van der Waals surface area contributed by atoms with Crippen molar-refractivity contribution >= 4 is 11.6 Å². The molecule has 20 heavy (non-hydrogen) atoms. The van der Waals surface area contributed by atoms with Crippen LogP contribution in [0.5, 0.6) is 11.5 Å². The van der Waals surface area contributed by atoms with Gasteiger partial charge in [-0.2, -0.15) is 0 Å². The molecule has 0 spiro atoms. The molecule has 0 amide bonds. The van der Waals surface area contributed by atoms with Gasteiger partial charge in [0.05, 0.1) is 14.2 Å².